The number of thioether (sulfide) groups is 1. The van der Waals surface area contributed by atoms with E-state index in [0.29, 0.717) is 27.3 Å². The molecule has 4 rings (SSSR count). The highest BCUT2D eigenvalue weighted by Crippen LogP contribution is 2.26. The van der Waals surface area contributed by atoms with Crippen LogP contribution in [0.2, 0.25) is 5.02 Å². The van der Waals surface area contributed by atoms with Crippen molar-refractivity contribution in [1.29, 1.82) is 0 Å². The van der Waals surface area contributed by atoms with Gasteiger partial charge in [0.15, 0.2) is 10.9 Å². The highest BCUT2D eigenvalue weighted by Gasteiger charge is 2.22. The van der Waals surface area contributed by atoms with Crippen LogP contribution in [0.3, 0.4) is 0 Å². The zero-order valence-corrected chi connectivity index (χ0v) is 20.7. The normalized spacial score (nSPS) is 10.9. The van der Waals surface area contributed by atoms with E-state index < -0.39 is 0 Å². The number of hydrogen-bond donors (Lipinski definition) is 1. The van der Waals surface area contributed by atoms with E-state index >= 15 is 0 Å². The number of halogens is 1. The minimum Gasteiger partial charge on any atom is -0.497 e. The third-order valence-corrected chi connectivity index (χ3v) is 6.14. The summed E-state index contributed by atoms with van der Waals surface area (Å²) in [5.41, 5.74) is 4.86. The van der Waals surface area contributed by atoms with Gasteiger partial charge in [-0.05, 0) is 68.8 Å². The number of nitrogens with one attached hydrogen (secondary N) is 1. The fourth-order valence-electron chi connectivity index (χ4n) is 3.34. The molecule has 0 fully saturated rings. The SMILES string of the molecule is COc1ccc(-n2nnc(C(=O)Nc3cc(Cl)ccc3C)c2CSc2nc(C)cc(C)n2)cc1. The number of anilines is 1. The van der Waals surface area contributed by atoms with Crippen LogP contribution in [0.25, 0.3) is 5.69 Å². The molecule has 0 aliphatic heterocycles. The maximum absolute atomic E-state index is 13.2. The first kappa shape index (κ1) is 23.7. The first-order valence-corrected chi connectivity index (χ1v) is 11.8. The highest BCUT2D eigenvalue weighted by molar-refractivity contribution is 7.98. The van der Waals surface area contributed by atoms with Gasteiger partial charge in [0.2, 0.25) is 0 Å². The van der Waals surface area contributed by atoms with Crippen molar-refractivity contribution in [2.24, 2.45) is 0 Å². The standard InChI is InChI=1S/C24H23ClN6O2S/c1-14-5-6-17(25)12-20(14)28-23(32)22-21(13-34-24-26-15(2)11-16(3)27-24)31(30-29-22)18-7-9-19(33-4)10-8-18/h5-12H,13H2,1-4H3,(H,28,32). The Balaban J connectivity index is 1.69. The molecular formula is C24H23ClN6O2S. The summed E-state index contributed by atoms with van der Waals surface area (Å²) in [6.45, 7) is 5.75. The zero-order valence-electron chi connectivity index (χ0n) is 19.2. The smallest absolute Gasteiger partial charge is 0.278 e. The molecule has 1 N–H and O–H groups in total. The van der Waals surface area contributed by atoms with Gasteiger partial charge in [-0.1, -0.05) is 34.6 Å². The lowest BCUT2D eigenvalue weighted by Gasteiger charge is -2.10. The van der Waals surface area contributed by atoms with Gasteiger partial charge in [-0.15, -0.1) is 5.10 Å². The molecular weight excluding hydrogens is 472 g/mol. The fraction of sp³-hybridized carbons (Fsp3) is 0.208. The van der Waals surface area contributed by atoms with Crippen molar-refractivity contribution in [2.75, 3.05) is 12.4 Å². The molecule has 10 heteroatoms. The minimum atomic E-state index is -0.373. The molecule has 0 atom stereocenters. The second-order valence-electron chi connectivity index (χ2n) is 7.63. The molecule has 0 aliphatic rings. The molecule has 0 saturated heterocycles. The van der Waals surface area contributed by atoms with Gasteiger partial charge >= 0.3 is 0 Å². The van der Waals surface area contributed by atoms with Gasteiger partial charge < -0.3 is 10.1 Å². The van der Waals surface area contributed by atoms with Gasteiger partial charge in [0.25, 0.3) is 5.91 Å². The first-order chi connectivity index (χ1) is 16.3. The van der Waals surface area contributed by atoms with Crippen molar-refractivity contribution in [3.8, 4) is 11.4 Å². The summed E-state index contributed by atoms with van der Waals surface area (Å²) < 4.78 is 6.90. The highest BCUT2D eigenvalue weighted by atomic mass is 35.5. The molecule has 0 saturated carbocycles. The van der Waals surface area contributed by atoms with Crippen LogP contribution in [0.15, 0.2) is 53.7 Å². The molecule has 4 aromatic rings. The van der Waals surface area contributed by atoms with Gasteiger partial charge in [-0.2, -0.15) is 0 Å². The van der Waals surface area contributed by atoms with E-state index in [-0.39, 0.29) is 11.6 Å². The summed E-state index contributed by atoms with van der Waals surface area (Å²) in [4.78, 5) is 22.2. The molecule has 0 bridgehead atoms. The number of aryl methyl sites for hydroxylation is 3. The Kier molecular flexibility index (Phi) is 7.14. The molecule has 2 aromatic carbocycles. The molecule has 0 radical (unpaired) electrons. The molecule has 0 spiro atoms. The number of aromatic nitrogens is 5. The molecule has 0 aliphatic carbocycles. The number of benzene rings is 2. The van der Waals surface area contributed by atoms with E-state index in [1.54, 1.807) is 23.9 Å². The lowest BCUT2D eigenvalue weighted by atomic mass is 10.2. The lowest BCUT2D eigenvalue weighted by Crippen LogP contribution is -2.16. The van der Waals surface area contributed by atoms with Crippen molar-refractivity contribution in [1.82, 2.24) is 25.0 Å². The first-order valence-electron chi connectivity index (χ1n) is 10.5. The topological polar surface area (TPSA) is 94.8 Å². The summed E-state index contributed by atoms with van der Waals surface area (Å²) in [6.07, 6.45) is 0. The van der Waals surface area contributed by atoms with E-state index in [4.69, 9.17) is 16.3 Å². The molecule has 34 heavy (non-hydrogen) atoms. The maximum Gasteiger partial charge on any atom is 0.278 e. The van der Waals surface area contributed by atoms with Crippen LogP contribution in [0.5, 0.6) is 5.75 Å². The average Bonchev–Trinajstić information content (AvgIpc) is 3.23. The Labute approximate surface area is 206 Å². The summed E-state index contributed by atoms with van der Waals surface area (Å²) in [5.74, 6) is 0.735. The van der Waals surface area contributed by atoms with Crippen molar-refractivity contribution in [3.05, 3.63) is 81.9 Å². The van der Waals surface area contributed by atoms with E-state index in [0.717, 1.165) is 28.4 Å². The van der Waals surface area contributed by atoms with Crippen LogP contribution in [0.1, 0.15) is 33.1 Å². The predicted octanol–water partition coefficient (Wildman–Crippen LogP) is 5.19. The van der Waals surface area contributed by atoms with Gasteiger partial charge in [0.05, 0.1) is 18.5 Å². The van der Waals surface area contributed by atoms with Crippen LogP contribution < -0.4 is 10.1 Å². The Morgan fingerprint density at radius 2 is 1.76 bits per heavy atom. The third-order valence-electron chi connectivity index (χ3n) is 5.04. The summed E-state index contributed by atoms with van der Waals surface area (Å²) in [5, 5.41) is 12.6. The minimum absolute atomic E-state index is 0.215. The fourth-order valence-corrected chi connectivity index (χ4v) is 4.45. The van der Waals surface area contributed by atoms with Crippen LogP contribution >= 0.6 is 23.4 Å². The molecule has 1 amide bonds. The van der Waals surface area contributed by atoms with Gasteiger partial charge in [-0.25, -0.2) is 14.6 Å². The molecule has 174 valence electrons. The number of nitrogens with zero attached hydrogens (tertiary/aromatic N) is 5. The van der Waals surface area contributed by atoms with Crippen molar-refractivity contribution in [2.45, 2.75) is 31.7 Å². The second-order valence-corrected chi connectivity index (χ2v) is 9.01. The van der Waals surface area contributed by atoms with Crippen LogP contribution in [0, 0.1) is 20.8 Å². The Morgan fingerprint density at radius 3 is 2.44 bits per heavy atom. The Hall–Kier alpha value is -3.43. The van der Waals surface area contributed by atoms with E-state index in [9.17, 15) is 4.79 Å². The molecule has 2 aromatic heterocycles. The van der Waals surface area contributed by atoms with E-state index in [1.807, 2.05) is 57.2 Å². The number of carbonyl (C=O) groups excluding carboxylic acids is 1. The molecule has 8 nitrogen and oxygen atoms in total. The average molecular weight is 495 g/mol. The van der Waals surface area contributed by atoms with Crippen LogP contribution in [-0.2, 0) is 5.75 Å². The number of carbonyl (C=O) groups is 1. The third kappa shape index (κ3) is 5.37. The predicted molar refractivity (Wildman–Crippen MR) is 133 cm³/mol. The molecule has 0 unspecified atom stereocenters. The lowest BCUT2D eigenvalue weighted by molar-refractivity contribution is 0.102. The van der Waals surface area contributed by atoms with Crippen molar-refractivity contribution >= 4 is 35.0 Å². The maximum atomic E-state index is 13.2. The number of ether oxygens (including phenoxy) is 1. The van der Waals surface area contributed by atoms with Crippen molar-refractivity contribution < 1.29 is 9.53 Å². The number of hydrogen-bond acceptors (Lipinski definition) is 7. The van der Waals surface area contributed by atoms with Crippen LogP contribution in [-0.4, -0.2) is 38.0 Å². The summed E-state index contributed by atoms with van der Waals surface area (Å²) >= 11 is 7.54. The largest absolute Gasteiger partial charge is 0.497 e. The van der Waals surface area contributed by atoms with Crippen molar-refractivity contribution in [3.63, 3.8) is 0 Å². The summed E-state index contributed by atoms with van der Waals surface area (Å²) in [7, 11) is 1.61. The van der Waals surface area contributed by atoms with Gasteiger partial charge in [0.1, 0.15) is 5.75 Å². The molecule has 2 heterocycles. The van der Waals surface area contributed by atoms with Crippen LogP contribution in [0.4, 0.5) is 5.69 Å². The van der Waals surface area contributed by atoms with E-state index in [1.165, 1.54) is 11.8 Å². The Bertz CT molecular complexity index is 1320. The second kappa shape index (κ2) is 10.2. The van der Waals surface area contributed by atoms with Gasteiger partial charge in [0, 0.05) is 27.9 Å². The number of methoxy groups -OCH3 is 1. The van der Waals surface area contributed by atoms with Gasteiger partial charge in [-0.3, -0.25) is 4.79 Å². The Morgan fingerprint density at radius 1 is 1.06 bits per heavy atom. The quantitative estimate of drug-likeness (QED) is 0.279. The van der Waals surface area contributed by atoms with E-state index in [2.05, 4.69) is 25.6 Å². The number of rotatable bonds is 7. The summed E-state index contributed by atoms with van der Waals surface area (Å²) in [6, 6.07) is 14.6. The monoisotopic (exact) mass is 494 g/mol. The zero-order chi connectivity index (χ0) is 24.2. The number of amides is 1.